The number of Topliss-reactive ketones (excluding diaryl/α,β-unsaturated/α-hetero) is 1. The molecule has 6 nitrogen and oxygen atoms in total. The summed E-state index contributed by atoms with van der Waals surface area (Å²) >= 11 is 0. The summed E-state index contributed by atoms with van der Waals surface area (Å²) in [5.41, 5.74) is 3.32. The highest BCUT2D eigenvalue weighted by molar-refractivity contribution is 5.97. The van der Waals surface area contributed by atoms with Gasteiger partial charge in [-0.05, 0) is 49.7 Å². The van der Waals surface area contributed by atoms with Crippen molar-refractivity contribution in [3.05, 3.63) is 93.3 Å². The largest absolute Gasteiger partial charge is 0.344 e. The average Bonchev–Trinajstić information content (AvgIpc) is 3.00. The third kappa shape index (κ3) is 3.59. The molecule has 0 fully saturated rings. The van der Waals surface area contributed by atoms with Gasteiger partial charge in [0.15, 0.2) is 5.78 Å². The number of aryl methyl sites for hydroxylation is 1. The van der Waals surface area contributed by atoms with Crippen LogP contribution < -0.4 is 5.56 Å². The number of hydrogen-bond acceptors (Lipinski definition) is 4. The van der Waals surface area contributed by atoms with Crippen LogP contribution in [0.25, 0.3) is 10.9 Å². The van der Waals surface area contributed by atoms with Gasteiger partial charge in [-0.2, -0.15) is 0 Å². The molecule has 0 saturated carbocycles. The summed E-state index contributed by atoms with van der Waals surface area (Å²) in [6, 6.07) is 15.0. The van der Waals surface area contributed by atoms with Crippen LogP contribution in [-0.2, 0) is 13.1 Å². The van der Waals surface area contributed by atoms with Gasteiger partial charge in [0.25, 0.3) is 5.56 Å². The van der Waals surface area contributed by atoms with E-state index in [1.807, 2.05) is 18.4 Å². The molecule has 0 radical (unpaired) electrons. The van der Waals surface area contributed by atoms with Crippen LogP contribution in [0, 0.1) is 19.7 Å². The molecule has 0 spiro atoms. The summed E-state index contributed by atoms with van der Waals surface area (Å²) in [5, 5.41) is 8.35. The van der Waals surface area contributed by atoms with E-state index in [0.717, 1.165) is 21.6 Å². The van der Waals surface area contributed by atoms with Crippen molar-refractivity contribution in [3.8, 4) is 0 Å². The van der Waals surface area contributed by atoms with Gasteiger partial charge in [-0.1, -0.05) is 29.5 Å². The molecule has 0 atom stereocenters. The Hall–Kier alpha value is -3.61. The first-order chi connectivity index (χ1) is 13.9. The summed E-state index contributed by atoms with van der Waals surface area (Å²) in [7, 11) is 0. The molecule has 0 bridgehead atoms. The van der Waals surface area contributed by atoms with Crippen molar-refractivity contribution >= 4 is 16.7 Å². The number of aromatic nitrogens is 4. The molecule has 0 saturated heterocycles. The van der Waals surface area contributed by atoms with Crippen LogP contribution >= 0.6 is 0 Å². The van der Waals surface area contributed by atoms with Crippen LogP contribution in [0.3, 0.4) is 0 Å². The number of nitrogens with zero attached hydrogens (tertiary/aromatic N) is 4. The molecule has 4 aromatic rings. The Morgan fingerprint density at radius 2 is 1.79 bits per heavy atom. The minimum absolute atomic E-state index is 0.183. The number of fused-ring (bicyclic) bond motifs is 1. The number of hydrogen-bond donors (Lipinski definition) is 0. The first kappa shape index (κ1) is 18.7. The zero-order valence-electron chi connectivity index (χ0n) is 16.1. The van der Waals surface area contributed by atoms with E-state index >= 15 is 0 Å². The Bertz CT molecular complexity index is 1270. The number of carbonyl (C=O) groups is 1. The molecule has 4 rings (SSSR count). The van der Waals surface area contributed by atoms with Crippen molar-refractivity contribution in [1.82, 2.24) is 19.6 Å². The topological polar surface area (TPSA) is 69.8 Å². The van der Waals surface area contributed by atoms with Gasteiger partial charge < -0.3 is 4.57 Å². The highest BCUT2D eigenvalue weighted by Crippen LogP contribution is 2.18. The van der Waals surface area contributed by atoms with Gasteiger partial charge in [-0.15, -0.1) is 5.10 Å². The molecule has 0 aliphatic rings. The van der Waals surface area contributed by atoms with Crippen LogP contribution in [0.15, 0.2) is 59.4 Å². The fraction of sp³-hybridized carbons (Fsp3) is 0.182. The van der Waals surface area contributed by atoms with Crippen LogP contribution in [0.2, 0.25) is 0 Å². The van der Waals surface area contributed by atoms with Gasteiger partial charge in [0.1, 0.15) is 17.9 Å². The zero-order chi connectivity index (χ0) is 20.5. The van der Waals surface area contributed by atoms with E-state index in [1.165, 1.54) is 12.1 Å². The molecule has 0 unspecified atom stereocenters. The van der Waals surface area contributed by atoms with E-state index in [1.54, 1.807) is 42.5 Å². The fourth-order valence-corrected chi connectivity index (χ4v) is 3.45. The lowest BCUT2D eigenvalue weighted by Gasteiger charge is -2.10. The molecule has 0 amide bonds. The zero-order valence-corrected chi connectivity index (χ0v) is 16.1. The number of ketones is 1. The van der Waals surface area contributed by atoms with Crippen LogP contribution in [0.5, 0.6) is 0 Å². The number of benzene rings is 2. The third-order valence-corrected chi connectivity index (χ3v) is 5.05. The lowest BCUT2D eigenvalue weighted by molar-refractivity contribution is 0.0964. The summed E-state index contributed by atoms with van der Waals surface area (Å²) in [4.78, 5) is 25.5. The molecule has 7 heteroatoms. The monoisotopic (exact) mass is 390 g/mol. The minimum Gasteiger partial charge on any atom is -0.344 e. The second-order valence-corrected chi connectivity index (χ2v) is 6.99. The van der Waals surface area contributed by atoms with Gasteiger partial charge >= 0.3 is 0 Å². The smallest absolute Gasteiger partial charge is 0.278 e. The summed E-state index contributed by atoms with van der Waals surface area (Å²) in [5.74, 6) is -0.498. The third-order valence-electron chi connectivity index (χ3n) is 5.05. The van der Waals surface area contributed by atoms with E-state index < -0.39 is 0 Å². The molecule has 0 aliphatic carbocycles. The molecule has 2 heterocycles. The van der Waals surface area contributed by atoms with Crippen molar-refractivity contribution in [1.29, 1.82) is 0 Å². The van der Waals surface area contributed by atoms with Gasteiger partial charge in [0.05, 0.1) is 5.39 Å². The summed E-state index contributed by atoms with van der Waals surface area (Å²) in [6.07, 6.45) is 0. The van der Waals surface area contributed by atoms with Crippen LogP contribution in [-0.4, -0.2) is 25.3 Å². The van der Waals surface area contributed by atoms with Crippen molar-refractivity contribution in [2.75, 3.05) is 0 Å². The van der Waals surface area contributed by atoms with Crippen molar-refractivity contribution in [2.24, 2.45) is 0 Å². The van der Waals surface area contributed by atoms with Crippen LogP contribution in [0.1, 0.15) is 27.3 Å². The van der Waals surface area contributed by atoms with Crippen molar-refractivity contribution in [3.63, 3.8) is 0 Å². The Balaban J connectivity index is 1.62. The molecule has 2 aromatic heterocycles. The highest BCUT2D eigenvalue weighted by atomic mass is 19.1. The Kier molecular flexibility index (Phi) is 4.80. The molecular formula is C22H19FN4O2. The fourth-order valence-electron chi connectivity index (χ4n) is 3.45. The Morgan fingerprint density at radius 3 is 2.55 bits per heavy atom. The first-order valence-corrected chi connectivity index (χ1v) is 9.21. The molecule has 146 valence electrons. The Morgan fingerprint density at radius 1 is 1.07 bits per heavy atom. The number of carbonyl (C=O) groups excluding carboxylic acids is 1. The highest BCUT2D eigenvalue weighted by Gasteiger charge is 2.18. The van der Waals surface area contributed by atoms with Gasteiger partial charge in [0, 0.05) is 23.5 Å². The molecule has 0 N–H and O–H groups in total. The Labute approximate surface area is 166 Å². The summed E-state index contributed by atoms with van der Waals surface area (Å²) in [6.45, 7) is 4.12. The lowest BCUT2D eigenvalue weighted by Crippen LogP contribution is -2.28. The van der Waals surface area contributed by atoms with E-state index in [9.17, 15) is 14.0 Å². The number of rotatable bonds is 5. The standard InChI is InChI=1S/C22H19FN4O2/c1-14-11-19(15(2)26(14)12-16-7-9-17(23)10-8-16)21(28)13-27-22(29)18-5-3-4-6-20(18)24-25-27/h3-11H,12-13H2,1-2H3. The first-order valence-electron chi connectivity index (χ1n) is 9.21. The maximum absolute atomic E-state index is 13.1. The summed E-state index contributed by atoms with van der Waals surface area (Å²) < 4.78 is 16.2. The van der Waals surface area contributed by atoms with Crippen molar-refractivity contribution < 1.29 is 9.18 Å². The van der Waals surface area contributed by atoms with Crippen molar-refractivity contribution in [2.45, 2.75) is 26.9 Å². The SMILES string of the molecule is Cc1cc(C(=O)Cn2nnc3ccccc3c2=O)c(C)n1Cc1ccc(F)cc1. The molecule has 0 aliphatic heterocycles. The maximum Gasteiger partial charge on any atom is 0.278 e. The number of halogens is 1. The minimum atomic E-state index is -0.343. The quantitative estimate of drug-likeness (QED) is 0.491. The lowest BCUT2D eigenvalue weighted by atomic mass is 10.1. The second kappa shape index (κ2) is 7.43. The van der Waals surface area contributed by atoms with E-state index in [-0.39, 0.29) is 23.7 Å². The van der Waals surface area contributed by atoms with E-state index in [4.69, 9.17) is 0 Å². The molecular weight excluding hydrogens is 371 g/mol. The van der Waals surface area contributed by atoms with Crippen LogP contribution in [0.4, 0.5) is 4.39 Å². The predicted molar refractivity (Wildman–Crippen MR) is 108 cm³/mol. The molecule has 29 heavy (non-hydrogen) atoms. The van der Waals surface area contributed by atoms with Gasteiger partial charge in [0.2, 0.25) is 0 Å². The van der Waals surface area contributed by atoms with Gasteiger partial charge in [-0.25, -0.2) is 9.07 Å². The van der Waals surface area contributed by atoms with Gasteiger partial charge in [-0.3, -0.25) is 9.59 Å². The molecule has 2 aromatic carbocycles. The van der Waals surface area contributed by atoms with E-state index in [0.29, 0.717) is 23.0 Å². The second-order valence-electron chi connectivity index (χ2n) is 6.99. The average molecular weight is 390 g/mol. The maximum atomic E-state index is 13.1. The predicted octanol–water partition coefficient (Wildman–Crippen LogP) is 3.28. The van der Waals surface area contributed by atoms with E-state index in [2.05, 4.69) is 10.3 Å². The normalized spacial score (nSPS) is 11.1.